The summed E-state index contributed by atoms with van der Waals surface area (Å²) in [5.41, 5.74) is 2.85. The molecule has 196 valence electrons. The number of rotatable bonds is 9. The maximum Gasteiger partial charge on any atom is 0.266 e. The molecule has 0 aliphatic heterocycles. The minimum Gasteiger partial charge on any atom is -0.493 e. The van der Waals surface area contributed by atoms with Crippen LogP contribution in [0.4, 0.5) is 0 Å². The Labute approximate surface area is 230 Å². The van der Waals surface area contributed by atoms with E-state index in [2.05, 4.69) is 5.32 Å². The molecule has 1 aromatic heterocycles. The maximum atomic E-state index is 13.6. The summed E-state index contributed by atoms with van der Waals surface area (Å²) in [4.78, 5) is 31.7. The Bertz CT molecular complexity index is 1620. The van der Waals surface area contributed by atoms with Crippen LogP contribution in [-0.4, -0.2) is 35.4 Å². The van der Waals surface area contributed by atoms with Gasteiger partial charge in [-0.1, -0.05) is 84.6 Å². The lowest BCUT2D eigenvalue weighted by atomic mass is 9.99. The van der Waals surface area contributed by atoms with Crippen LogP contribution in [-0.2, 0) is 4.79 Å². The van der Waals surface area contributed by atoms with Crippen LogP contribution in [0.3, 0.4) is 0 Å². The number of benzene rings is 4. The number of para-hydroxylation sites is 1. The Balaban J connectivity index is 1.47. The second kappa shape index (κ2) is 11.9. The third-order valence-corrected chi connectivity index (χ3v) is 7.21. The summed E-state index contributed by atoms with van der Waals surface area (Å²) >= 11 is 1.20. The number of fused-ring (bicyclic) bond motifs is 1. The van der Waals surface area contributed by atoms with Crippen LogP contribution in [0.5, 0.6) is 11.5 Å². The van der Waals surface area contributed by atoms with E-state index in [4.69, 9.17) is 14.5 Å². The third-order valence-electron chi connectivity index (χ3n) is 6.27. The Hall–Kier alpha value is -4.56. The van der Waals surface area contributed by atoms with Crippen LogP contribution in [0.1, 0.15) is 17.2 Å². The van der Waals surface area contributed by atoms with Crippen molar-refractivity contribution in [2.75, 3.05) is 20.0 Å². The number of amides is 1. The molecule has 1 amide bonds. The van der Waals surface area contributed by atoms with Gasteiger partial charge in [0.1, 0.15) is 0 Å². The Morgan fingerprint density at radius 2 is 1.46 bits per heavy atom. The van der Waals surface area contributed by atoms with E-state index in [1.54, 1.807) is 50.6 Å². The molecule has 7 nitrogen and oxygen atoms in total. The molecular weight excluding hydrogens is 510 g/mol. The number of hydrogen-bond acceptors (Lipinski definition) is 6. The normalized spacial score (nSPS) is 10.9. The van der Waals surface area contributed by atoms with Gasteiger partial charge in [0.15, 0.2) is 16.7 Å². The highest BCUT2D eigenvalue weighted by Gasteiger charge is 2.19. The predicted molar refractivity (Wildman–Crippen MR) is 154 cm³/mol. The number of nitrogens with zero attached hydrogens (tertiary/aromatic N) is 2. The number of ether oxygens (including phenoxy) is 2. The number of nitrogens with one attached hydrogen (secondary N) is 1. The van der Waals surface area contributed by atoms with Gasteiger partial charge >= 0.3 is 0 Å². The molecule has 1 N–H and O–H groups in total. The summed E-state index contributed by atoms with van der Waals surface area (Å²) in [6.07, 6.45) is 0. The van der Waals surface area contributed by atoms with Gasteiger partial charge in [-0.15, -0.1) is 0 Å². The van der Waals surface area contributed by atoms with Crippen molar-refractivity contribution in [3.63, 3.8) is 0 Å². The summed E-state index contributed by atoms with van der Waals surface area (Å²) in [6, 6.07) is 31.8. The topological polar surface area (TPSA) is 82.5 Å². The Kier molecular flexibility index (Phi) is 7.94. The second-order valence-corrected chi connectivity index (χ2v) is 9.64. The lowest BCUT2D eigenvalue weighted by Crippen LogP contribution is -2.31. The van der Waals surface area contributed by atoms with E-state index in [9.17, 15) is 9.59 Å². The molecule has 0 aliphatic carbocycles. The van der Waals surface area contributed by atoms with Crippen molar-refractivity contribution < 1.29 is 14.3 Å². The molecule has 0 bridgehead atoms. The zero-order chi connectivity index (χ0) is 27.2. The van der Waals surface area contributed by atoms with Crippen molar-refractivity contribution in [3.8, 4) is 17.2 Å². The lowest BCUT2D eigenvalue weighted by Gasteiger charge is -2.20. The van der Waals surface area contributed by atoms with E-state index in [0.29, 0.717) is 33.2 Å². The van der Waals surface area contributed by atoms with Crippen LogP contribution in [0, 0.1) is 0 Å². The van der Waals surface area contributed by atoms with Crippen LogP contribution in [0.25, 0.3) is 16.6 Å². The van der Waals surface area contributed by atoms with E-state index in [1.165, 1.54) is 16.3 Å². The fourth-order valence-corrected chi connectivity index (χ4v) is 5.21. The molecule has 5 aromatic rings. The molecule has 1 heterocycles. The van der Waals surface area contributed by atoms with Gasteiger partial charge in [0.2, 0.25) is 5.91 Å². The molecule has 0 unspecified atom stereocenters. The lowest BCUT2D eigenvalue weighted by molar-refractivity contribution is -0.119. The van der Waals surface area contributed by atoms with Crippen molar-refractivity contribution in [2.45, 2.75) is 11.2 Å². The first-order chi connectivity index (χ1) is 19.1. The van der Waals surface area contributed by atoms with Gasteiger partial charge in [-0.2, -0.15) is 0 Å². The molecule has 0 spiro atoms. The highest BCUT2D eigenvalue weighted by Crippen LogP contribution is 2.31. The number of carbonyl (C=O) groups excluding carboxylic acids is 1. The molecular formula is C31H27N3O4S. The van der Waals surface area contributed by atoms with Crippen LogP contribution < -0.4 is 20.3 Å². The monoisotopic (exact) mass is 537 g/mol. The van der Waals surface area contributed by atoms with E-state index >= 15 is 0 Å². The Morgan fingerprint density at radius 1 is 0.846 bits per heavy atom. The maximum absolute atomic E-state index is 13.6. The number of aromatic nitrogens is 2. The second-order valence-electron chi connectivity index (χ2n) is 8.70. The standard InChI is InChI=1S/C31H27N3O4S/c1-37-26-18-17-23(19-27(26)38-2)34-30(36)24-15-9-10-16-25(24)32-31(34)39-20-28(35)33-29(21-11-5-3-6-12-21)22-13-7-4-8-14-22/h3-19,29H,20H2,1-2H3,(H,33,35). The summed E-state index contributed by atoms with van der Waals surface area (Å²) in [5, 5.41) is 4.03. The number of carbonyl (C=O) groups is 1. The number of methoxy groups -OCH3 is 2. The molecule has 0 atom stereocenters. The summed E-state index contributed by atoms with van der Waals surface area (Å²) < 4.78 is 12.3. The molecule has 0 saturated carbocycles. The van der Waals surface area contributed by atoms with E-state index in [0.717, 1.165) is 11.1 Å². The molecule has 0 aliphatic rings. The fraction of sp³-hybridized carbons (Fsp3) is 0.129. The van der Waals surface area contributed by atoms with Gasteiger partial charge in [-0.3, -0.25) is 14.2 Å². The average Bonchev–Trinajstić information content (AvgIpc) is 2.99. The molecule has 39 heavy (non-hydrogen) atoms. The van der Waals surface area contributed by atoms with Crippen molar-refractivity contribution in [1.82, 2.24) is 14.9 Å². The highest BCUT2D eigenvalue weighted by atomic mass is 32.2. The first kappa shape index (κ1) is 26.1. The summed E-state index contributed by atoms with van der Waals surface area (Å²) in [7, 11) is 3.10. The minimum atomic E-state index is -0.307. The van der Waals surface area contributed by atoms with Crippen LogP contribution in [0.15, 0.2) is 113 Å². The minimum absolute atomic E-state index is 0.0637. The quantitative estimate of drug-likeness (QED) is 0.200. The zero-order valence-corrected chi connectivity index (χ0v) is 22.4. The summed E-state index contributed by atoms with van der Waals surface area (Å²) in [6.45, 7) is 0. The van der Waals surface area contributed by atoms with Gasteiger partial charge in [0.05, 0.1) is 42.6 Å². The van der Waals surface area contributed by atoms with Gasteiger partial charge in [-0.25, -0.2) is 4.98 Å². The van der Waals surface area contributed by atoms with Crippen LogP contribution >= 0.6 is 11.8 Å². The van der Waals surface area contributed by atoms with E-state index < -0.39 is 0 Å². The fourth-order valence-electron chi connectivity index (χ4n) is 4.38. The average molecular weight is 538 g/mol. The van der Waals surface area contributed by atoms with Crippen LogP contribution in [0.2, 0.25) is 0 Å². The van der Waals surface area contributed by atoms with Crippen molar-refractivity contribution in [3.05, 3.63) is 125 Å². The Morgan fingerprint density at radius 3 is 2.10 bits per heavy atom. The van der Waals surface area contributed by atoms with Crippen molar-refractivity contribution in [1.29, 1.82) is 0 Å². The first-order valence-corrected chi connectivity index (χ1v) is 13.3. The van der Waals surface area contributed by atoms with Gasteiger partial charge in [0, 0.05) is 6.07 Å². The van der Waals surface area contributed by atoms with Gasteiger partial charge in [0.25, 0.3) is 5.56 Å². The van der Waals surface area contributed by atoms with Gasteiger partial charge < -0.3 is 14.8 Å². The smallest absolute Gasteiger partial charge is 0.266 e. The number of hydrogen-bond donors (Lipinski definition) is 1. The summed E-state index contributed by atoms with van der Waals surface area (Å²) in [5.74, 6) is 0.912. The molecule has 5 rings (SSSR count). The first-order valence-electron chi connectivity index (χ1n) is 12.4. The molecule has 0 radical (unpaired) electrons. The SMILES string of the molecule is COc1ccc(-n2c(SCC(=O)NC(c3ccccc3)c3ccccc3)nc3ccccc3c2=O)cc1OC. The zero-order valence-electron chi connectivity index (χ0n) is 21.5. The third kappa shape index (κ3) is 5.66. The molecule has 8 heteroatoms. The van der Waals surface area contributed by atoms with E-state index in [-0.39, 0.29) is 23.3 Å². The largest absolute Gasteiger partial charge is 0.493 e. The predicted octanol–water partition coefficient (Wildman–Crippen LogP) is 5.40. The molecule has 4 aromatic carbocycles. The van der Waals surface area contributed by atoms with Crippen molar-refractivity contribution in [2.24, 2.45) is 0 Å². The molecule has 0 saturated heterocycles. The highest BCUT2D eigenvalue weighted by molar-refractivity contribution is 7.99. The van der Waals surface area contributed by atoms with Crippen molar-refractivity contribution >= 4 is 28.6 Å². The van der Waals surface area contributed by atoms with E-state index in [1.807, 2.05) is 66.7 Å². The molecule has 0 fully saturated rings. The number of thioether (sulfide) groups is 1. The van der Waals surface area contributed by atoms with Gasteiger partial charge in [-0.05, 0) is 35.4 Å².